The highest BCUT2D eigenvalue weighted by Gasteiger charge is 2.03. The molecule has 2 heteroatoms. The lowest BCUT2D eigenvalue weighted by molar-refractivity contribution is 0.831. The Hall–Kier alpha value is -0.370. The van der Waals surface area contributed by atoms with Crippen LogP contribution in [-0.2, 0) is 0 Å². The van der Waals surface area contributed by atoms with Crippen molar-refractivity contribution in [1.29, 1.82) is 0 Å². The summed E-state index contributed by atoms with van der Waals surface area (Å²) in [7, 11) is 0. The van der Waals surface area contributed by atoms with Gasteiger partial charge in [0.05, 0.1) is 5.69 Å². The van der Waals surface area contributed by atoms with Gasteiger partial charge in [-0.3, -0.25) is 0 Å². The molecule has 1 heterocycles. The Labute approximate surface area is 73.6 Å². The van der Waals surface area contributed by atoms with Gasteiger partial charge in [0.1, 0.15) is 0 Å². The highest BCUT2D eigenvalue weighted by Crippen LogP contribution is 2.17. The van der Waals surface area contributed by atoms with E-state index in [9.17, 15) is 0 Å². The van der Waals surface area contributed by atoms with Crippen LogP contribution in [0.15, 0.2) is 5.38 Å². The van der Waals surface area contributed by atoms with Gasteiger partial charge < -0.3 is 0 Å². The Kier molecular flexibility index (Phi) is 5.12. The summed E-state index contributed by atoms with van der Waals surface area (Å²) in [6.07, 6.45) is 0. The molecule has 0 amide bonds. The van der Waals surface area contributed by atoms with Gasteiger partial charge in [-0.1, -0.05) is 27.7 Å². The molecule has 0 fully saturated rings. The molecule has 64 valence electrons. The van der Waals surface area contributed by atoms with Crippen LogP contribution in [0.5, 0.6) is 0 Å². The predicted molar refractivity (Wildman–Crippen MR) is 52.3 cm³/mol. The van der Waals surface area contributed by atoms with Gasteiger partial charge in [0.25, 0.3) is 0 Å². The molecule has 1 nitrogen and oxygen atoms in total. The van der Waals surface area contributed by atoms with E-state index in [1.807, 2.05) is 13.8 Å². The van der Waals surface area contributed by atoms with Crippen molar-refractivity contribution in [1.82, 2.24) is 4.37 Å². The molecule has 0 aromatic carbocycles. The van der Waals surface area contributed by atoms with Crippen LogP contribution in [0, 0.1) is 6.92 Å². The molecule has 1 rings (SSSR count). The molecule has 0 unspecified atom stereocenters. The minimum absolute atomic E-state index is 0.580. The Bertz CT molecular complexity index is 191. The largest absolute Gasteiger partial charge is 0.197 e. The van der Waals surface area contributed by atoms with E-state index in [-0.39, 0.29) is 0 Å². The topological polar surface area (TPSA) is 12.9 Å². The van der Waals surface area contributed by atoms with Crippen molar-refractivity contribution in [2.45, 2.75) is 40.5 Å². The predicted octanol–water partition coefficient (Wildman–Crippen LogP) is 3.60. The normalized spacial score (nSPS) is 9.27. The van der Waals surface area contributed by atoms with Gasteiger partial charge in [0.2, 0.25) is 0 Å². The maximum Gasteiger partial charge on any atom is 0.0596 e. The molecular weight excluding hydrogens is 154 g/mol. The molecule has 0 aliphatic rings. The third-order valence-corrected chi connectivity index (χ3v) is 2.09. The molecule has 0 bridgehead atoms. The van der Waals surface area contributed by atoms with E-state index in [1.54, 1.807) is 11.5 Å². The van der Waals surface area contributed by atoms with Crippen LogP contribution in [0.3, 0.4) is 0 Å². The van der Waals surface area contributed by atoms with Crippen molar-refractivity contribution in [3.05, 3.63) is 16.6 Å². The average Bonchev–Trinajstić information content (AvgIpc) is 2.39. The molecule has 0 aliphatic carbocycles. The van der Waals surface area contributed by atoms with Crippen LogP contribution in [0.25, 0.3) is 0 Å². The summed E-state index contributed by atoms with van der Waals surface area (Å²) in [4.78, 5) is 0. The summed E-state index contributed by atoms with van der Waals surface area (Å²) in [6.45, 7) is 10.4. The third-order valence-electron chi connectivity index (χ3n) is 1.33. The summed E-state index contributed by atoms with van der Waals surface area (Å²) in [6, 6.07) is 0. The summed E-state index contributed by atoms with van der Waals surface area (Å²) in [5.74, 6) is 0.580. The molecular formula is C9H17NS. The minimum atomic E-state index is 0.580. The first-order valence-electron chi connectivity index (χ1n) is 4.12. The maximum absolute atomic E-state index is 4.26. The monoisotopic (exact) mass is 171 g/mol. The number of aryl methyl sites for hydroxylation is 1. The minimum Gasteiger partial charge on any atom is -0.197 e. The van der Waals surface area contributed by atoms with Crippen LogP contribution in [0.1, 0.15) is 44.9 Å². The van der Waals surface area contributed by atoms with Gasteiger partial charge in [-0.05, 0) is 29.9 Å². The second-order valence-corrected chi connectivity index (χ2v) is 3.17. The van der Waals surface area contributed by atoms with Gasteiger partial charge in [-0.15, -0.1) is 0 Å². The Balaban J connectivity index is 0.000000461. The van der Waals surface area contributed by atoms with E-state index in [2.05, 4.69) is 30.5 Å². The van der Waals surface area contributed by atoms with Crippen molar-refractivity contribution in [2.24, 2.45) is 0 Å². The van der Waals surface area contributed by atoms with E-state index in [1.165, 1.54) is 11.3 Å². The zero-order chi connectivity index (χ0) is 8.85. The Morgan fingerprint density at radius 2 is 1.91 bits per heavy atom. The fourth-order valence-corrected chi connectivity index (χ4v) is 1.66. The molecule has 0 saturated carbocycles. The van der Waals surface area contributed by atoms with Crippen molar-refractivity contribution >= 4 is 11.5 Å². The highest BCUT2D eigenvalue weighted by atomic mass is 32.1. The summed E-state index contributed by atoms with van der Waals surface area (Å²) in [5, 5.41) is 2.09. The van der Waals surface area contributed by atoms with E-state index in [4.69, 9.17) is 0 Å². The van der Waals surface area contributed by atoms with Crippen LogP contribution < -0.4 is 0 Å². The van der Waals surface area contributed by atoms with E-state index in [0.29, 0.717) is 5.92 Å². The van der Waals surface area contributed by atoms with Gasteiger partial charge in [0, 0.05) is 5.38 Å². The van der Waals surface area contributed by atoms with Gasteiger partial charge in [0.15, 0.2) is 0 Å². The highest BCUT2D eigenvalue weighted by molar-refractivity contribution is 7.03. The van der Waals surface area contributed by atoms with Crippen LogP contribution in [0.4, 0.5) is 0 Å². The first-order valence-corrected chi connectivity index (χ1v) is 4.96. The van der Waals surface area contributed by atoms with Crippen molar-refractivity contribution in [3.8, 4) is 0 Å². The van der Waals surface area contributed by atoms with Crippen molar-refractivity contribution < 1.29 is 0 Å². The fourth-order valence-electron chi connectivity index (χ4n) is 0.855. The van der Waals surface area contributed by atoms with Gasteiger partial charge >= 0.3 is 0 Å². The number of hydrogen-bond acceptors (Lipinski definition) is 2. The Morgan fingerprint density at radius 3 is 2.09 bits per heavy atom. The third kappa shape index (κ3) is 3.02. The fraction of sp³-hybridized carbons (Fsp3) is 0.667. The molecule has 0 atom stereocenters. The lowest BCUT2D eigenvalue weighted by atomic mass is 10.1. The van der Waals surface area contributed by atoms with Crippen LogP contribution in [-0.4, -0.2) is 4.37 Å². The summed E-state index contributed by atoms with van der Waals surface area (Å²) >= 11 is 1.54. The second kappa shape index (κ2) is 5.30. The molecule has 1 aromatic rings. The Morgan fingerprint density at radius 1 is 1.36 bits per heavy atom. The van der Waals surface area contributed by atoms with E-state index < -0.39 is 0 Å². The summed E-state index contributed by atoms with van der Waals surface area (Å²) in [5.41, 5.74) is 2.58. The summed E-state index contributed by atoms with van der Waals surface area (Å²) < 4.78 is 4.26. The molecule has 11 heavy (non-hydrogen) atoms. The molecule has 0 spiro atoms. The first-order chi connectivity index (χ1) is 5.22. The first kappa shape index (κ1) is 10.6. The molecule has 0 saturated heterocycles. The SMILES string of the molecule is CC.Cc1csnc1C(C)C. The van der Waals surface area contributed by atoms with E-state index in [0.717, 1.165) is 0 Å². The molecule has 0 radical (unpaired) electrons. The number of rotatable bonds is 1. The van der Waals surface area contributed by atoms with Gasteiger partial charge in [-0.25, -0.2) is 0 Å². The number of aromatic nitrogens is 1. The average molecular weight is 171 g/mol. The second-order valence-electron chi connectivity index (χ2n) is 2.54. The smallest absolute Gasteiger partial charge is 0.0596 e. The maximum atomic E-state index is 4.26. The number of hydrogen-bond donors (Lipinski definition) is 0. The number of nitrogens with zero attached hydrogens (tertiary/aromatic N) is 1. The molecule has 0 N–H and O–H groups in total. The van der Waals surface area contributed by atoms with Crippen molar-refractivity contribution in [2.75, 3.05) is 0 Å². The zero-order valence-corrected chi connectivity index (χ0v) is 8.83. The lowest BCUT2D eigenvalue weighted by Crippen LogP contribution is -1.88. The quantitative estimate of drug-likeness (QED) is 0.629. The van der Waals surface area contributed by atoms with Crippen LogP contribution in [0.2, 0.25) is 0 Å². The van der Waals surface area contributed by atoms with Crippen molar-refractivity contribution in [3.63, 3.8) is 0 Å². The van der Waals surface area contributed by atoms with Gasteiger partial charge in [-0.2, -0.15) is 4.37 Å². The molecule has 1 aromatic heterocycles. The van der Waals surface area contributed by atoms with E-state index >= 15 is 0 Å². The van der Waals surface area contributed by atoms with Crippen LogP contribution >= 0.6 is 11.5 Å². The zero-order valence-electron chi connectivity index (χ0n) is 8.01. The molecule has 0 aliphatic heterocycles. The standard InChI is InChI=1S/C7H11NS.C2H6/c1-5(2)7-6(3)4-9-8-7;1-2/h4-5H,1-3H3;1-2H3. The lowest BCUT2D eigenvalue weighted by Gasteiger charge is -1.98.